The largest absolute Gasteiger partial charge is 0.375 e. The zero-order chi connectivity index (χ0) is 16.7. The van der Waals surface area contributed by atoms with Gasteiger partial charge >= 0.3 is 4.71 Å². The second kappa shape index (κ2) is 6.76. The highest BCUT2D eigenvalue weighted by molar-refractivity contribution is 9.10. The molecule has 10 heteroatoms. The number of benzene rings is 1. The Hall–Kier alpha value is -0.160. The van der Waals surface area contributed by atoms with E-state index in [0.717, 1.165) is 0 Å². The third-order valence-corrected chi connectivity index (χ3v) is 5.38. The van der Waals surface area contributed by atoms with Crippen molar-refractivity contribution in [3.05, 3.63) is 43.6 Å². The minimum atomic E-state index is -3.56. The molecule has 0 fully saturated rings. The number of nitriles is 1. The fraction of sp³-hybridized carbons (Fsp3) is 0.0833. The van der Waals surface area contributed by atoms with E-state index in [9.17, 15) is 8.78 Å². The van der Waals surface area contributed by atoms with E-state index in [4.69, 9.17) is 51.7 Å². The van der Waals surface area contributed by atoms with Crippen LogP contribution < -0.4 is 0 Å². The van der Waals surface area contributed by atoms with Gasteiger partial charge in [-0.1, -0.05) is 34.8 Å². The molecule has 0 aliphatic heterocycles. The number of halogens is 7. The fourth-order valence-electron chi connectivity index (χ4n) is 1.68. The molecular weight excluding hydrogens is 464 g/mol. The van der Waals surface area contributed by atoms with Crippen molar-refractivity contribution >= 4 is 74.1 Å². The molecule has 1 aromatic carbocycles. The van der Waals surface area contributed by atoms with E-state index in [-0.39, 0.29) is 36.9 Å². The van der Waals surface area contributed by atoms with Crippen molar-refractivity contribution in [3.63, 3.8) is 0 Å². The number of rotatable bonds is 3. The highest BCUT2D eigenvalue weighted by Crippen LogP contribution is 2.46. The molecule has 22 heavy (non-hydrogen) atoms. The van der Waals surface area contributed by atoms with Crippen molar-refractivity contribution in [2.45, 2.75) is 9.61 Å². The van der Waals surface area contributed by atoms with Gasteiger partial charge in [0.1, 0.15) is 10.7 Å². The Morgan fingerprint density at radius 3 is 2.23 bits per heavy atom. The summed E-state index contributed by atoms with van der Waals surface area (Å²) in [6.45, 7) is 0. The number of thioether (sulfide) groups is 1. The van der Waals surface area contributed by atoms with Crippen molar-refractivity contribution in [2.24, 2.45) is 0 Å². The van der Waals surface area contributed by atoms with Gasteiger partial charge in [-0.25, -0.2) is 0 Å². The van der Waals surface area contributed by atoms with Crippen LogP contribution >= 0.6 is 74.1 Å². The van der Waals surface area contributed by atoms with E-state index >= 15 is 0 Å². The van der Waals surface area contributed by atoms with Crippen LogP contribution in [0.3, 0.4) is 0 Å². The third-order valence-electron chi connectivity index (χ3n) is 2.46. The lowest BCUT2D eigenvalue weighted by Crippen LogP contribution is -1.99. The third kappa shape index (κ3) is 3.84. The smallest absolute Gasteiger partial charge is 0.306 e. The first kappa shape index (κ1) is 18.2. The molecular formula is C12H3BrCl4F2N2S. The van der Waals surface area contributed by atoms with Gasteiger partial charge in [-0.15, -0.1) is 0 Å². The van der Waals surface area contributed by atoms with Gasteiger partial charge in [-0.3, -0.25) is 0 Å². The minimum absolute atomic E-state index is 0.000664. The maximum absolute atomic E-state index is 13.0. The Labute approximate surface area is 157 Å². The molecule has 0 spiro atoms. The quantitative estimate of drug-likeness (QED) is 0.361. The second-order valence-corrected chi connectivity index (χ2v) is 7.74. The molecule has 0 saturated heterocycles. The van der Waals surface area contributed by atoms with Crippen molar-refractivity contribution in [1.29, 1.82) is 5.26 Å². The average Bonchev–Trinajstić information content (AvgIpc) is 2.64. The van der Waals surface area contributed by atoms with Gasteiger partial charge in [0, 0.05) is 11.2 Å². The Morgan fingerprint density at radius 1 is 1.23 bits per heavy atom. The summed E-state index contributed by atoms with van der Waals surface area (Å²) >= 11 is 26.2. The first-order chi connectivity index (χ1) is 10.1. The van der Waals surface area contributed by atoms with Crippen molar-refractivity contribution in [2.75, 3.05) is 0 Å². The molecule has 0 saturated carbocycles. The Bertz CT molecular complexity index is 760. The monoisotopic (exact) mass is 464 g/mol. The standard InChI is InChI=1S/C12H3BrCl4F2N2S/c13-11-10(22-12(17,18)19)5(3-20)4-21(11)9-7(15)1-6(14)2-8(9)16/h1-2,4H. The number of aromatic nitrogens is 1. The molecule has 1 heterocycles. The van der Waals surface area contributed by atoms with Crippen molar-refractivity contribution < 1.29 is 8.78 Å². The van der Waals surface area contributed by atoms with Gasteiger partial charge in [-0.05, 0) is 51.4 Å². The fourth-order valence-corrected chi connectivity index (χ4v) is 4.27. The summed E-state index contributed by atoms with van der Waals surface area (Å²) in [5, 5.41) is 9.84. The normalized spacial score (nSPS) is 11.5. The topological polar surface area (TPSA) is 28.7 Å². The summed E-state index contributed by atoms with van der Waals surface area (Å²) in [5.41, 5.74) is 0.306. The maximum Gasteiger partial charge on any atom is 0.375 e. The number of nitrogens with zero attached hydrogens (tertiary/aromatic N) is 2. The molecule has 1 aromatic heterocycles. The molecule has 0 bridgehead atoms. The molecule has 0 N–H and O–H groups in total. The lowest BCUT2D eigenvalue weighted by atomic mass is 10.3. The van der Waals surface area contributed by atoms with Crippen LogP contribution in [0, 0.1) is 11.3 Å². The molecule has 0 atom stereocenters. The molecule has 0 aliphatic carbocycles. The summed E-state index contributed by atoms with van der Waals surface area (Å²) in [7, 11) is 0. The highest BCUT2D eigenvalue weighted by atomic mass is 79.9. The summed E-state index contributed by atoms with van der Waals surface area (Å²) in [6.07, 6.45) is 1.33. The van der Waals surface area contributed by atoms with Crippen LogP contribution in [0.15, 0.2) is 27.8 Å². The van der Waals surface area contributed by atoms with Crippen LogP contribution in [0.1, 0.15) is 5.56 Å². The average molecular weight is 467 g/mol. The van der Waals surface area contributed by atoms with Crippen LogP contribution in [-0.4, -0.2) is 9.28 Å². The van der Waals surface area contributed by atoms with Crippen LogP contribution in [0.4, 0.5) is 8.78 Å². The van der Waals surface area contributed by atoms with Crippen LogP contribution in [-0.2, 0) is 0 Å². The van der Waals surface area contributed by atoms with Gasteiger partial charge in [-0.2, -0.15) is 14.0 Å². The number of hydrogen-bond donors (Lipinski definition) is 0. The summed E-state index contributed by atoms with van der Waals surface area (Å²) < 4.78 is 24.1. The van der Waals surface area contributed by atoms with Crippen molar-refractivity contribution in [1.82, 2.24) is 4.57 Å². The molecule has 0 unspecified atom stereocenters. The summed E-state index contributed by atoms with van der Waals surface area (Å²) in [4.78, 5) is -0.0235. The number of alkyl halides is 3. The summed E-state index contributed by atoms with van der Waals surface area (Å²) in [5.74, 6) is 0. The molecule has 0 aliphatic rings. The minimum Gasteiger partial charge on any atom is -0.306 e. The molecule has 2 aromatic rings. The van der Waals surface area contributed by atoms with Gasteiger partial charge in [0.05, 0.1) is 26.2 Å². The van der Waals surface area contributed by atoms with E-state index < -0.39 is 4.71 Å². The summed E-state index contributed by atoms with van der Waals surface area (Å²) in [6, 6.07) is 4.72. The van der Waals surface area contributed by atoms with Gasteiger partial charge in [0.2, 0.25) is 0 Å². The molecule has 0 amide bonds. The Kier molecular flexibility index (Phi) is 5.59. The lowest BCUT2D eigenvalue weighted by Gasteiger charge is -2.11. The van der Waals surface area contributed by atoms with E-state index in [1.807, 2.05) is 6.07 Å². The van der Waals surface area contributed by atoms with Gasteiger partial charge < -0.3 is 4.57 Å². The van der Waals surface area contributed by atoms with E-state index in [1.54, 1.807) is 0 Å². The van der Waals surface area contributed by atoms with Crippen LogP contribution in [0.25, 0.3) is 5.69 Å². The van der Waals surface area contributed by atoms with Gasteiger partial charge in [0.15, 0.2) is 0 Å². The number of hydrogen-bond acceptors (Lipinski definition) is 2. The SMILES string of the molecule is N#Cc1cn(-c2c(Cl)cc(Cl)cc2Cl)c(Br)c1SC(F)(F)Cl. The van der Waals surface area contributed by atoms with E-state index in [2.05, 4.69) is 15.9 Å². The van der Waals surface area contributed by atoms with Crippen molar-refractivity contribution in [3.8, 4) is 11.8 Å². The Balaban J connectivity index is 2.67. The first-order valence-corrected chi connectivity index (χ1v) is 8.47. The molecule has 116 valence electrons. The molecule has 2 rings (SSSR count). The van der Waals surface area contributed by atoms with E-state index in [0.29, 0.717) is 10.7 Å². The first-order valence-electron chi connectivity index (χ1n) is 5.35. The highest BCUT2D eigenvalue weighted by Gasteiger charge is 2.31. The lowest BCUT2D eigenvalue weighted by molar-refractivity contribution is 0.203. The molecule has 2 nitrogen and oxygen atoms in total. The zero-order valence-electron chi connectivity index (χ0n) is 10.2. The maximum atomic E-state index is 13.0. The van der Waals surface area contributed by atoms with Crippen LogP contribution in [0.2, 0.25) is 15.1 Å². The van der Waals surface area contributed by atoms with Gasteiger partial charge in [0.25, 0.3) is 0 Å². The van der Waals surface area contributed by atoms with Crippen LogP contribution in [0.5, 0.6) is 0 Å². The predicted molar refractivity (Wildman–Crippen MR) is 89.9 cm³/mol. The zero-order valence-corrected chi connectivity index (χ0v) is 15.6. The predicted octanol–water partition coefficient (Wildman–Crippen LogP) is 6.95. The van der Waals surface area contributed by atoms with E-state index in [1.165, 1.54) is 22.9 Å². The molecule has 0 radical (unpaired) electrons. The Morgan fingerprint density at radius 2 is 1.77 bits per heavy atom. The second-order valence-electron chi connectivity index (χ2n) is 3.91.